The van der Waals surface area contributed by atoms with Gasteiger partial charge in [-0.15, -0.1) is 0 Å². The zero-order valence-corrected chi connectivity index (χ0v) is 11.2. The number of aromatic nitrogens is 2. The molecular weight excluding hydrogens is 255 g/mol. The van der Waals surface area contributed by atoms with Crippen LogP contribution >= 0.6 is 0 Å². The van der Waals surface area contributed by atoms with Gasteiger partial charge in [-0.3, -0.25) is 9.36 Å². The third-order valence-electron chi connectivity index (χ3n) is 3.26. The molecule has 0 unspecified atom stereocenters. The lowest BCUT2D eigenvalue weighted by atomic mass is 10.2. The molecule has 0 radical (unpaired) electrons. The molecule has 0 amide bonds. The van der Waals surface area contributed by atoms with Crippen molar-refractivity contribution >= 4 is 10.9 Å². The van der Waals surface area contributed by atoms with Gasteiger partial charge in [0, 0.05) is 0 Å². The highest BCUT2D eigenvalue weighted by Crippen LogP contribution is 2.14. The molecule has 3 nitrogen and oxygen atoms in total. The Kier molecular flexibility index (Phi) is 2.86. The SMILES string of the molecule is Cc1cccc(-n2c(C)nc3ccc(F)cc3c2=O)c1. The Bertz CT molecular complexity index is 868. The Morgan fingerprint density at radius 2 is 1.90 bits per heavy atom. The maximum absolute atomic E-state index is 13.3. The van der Waals surface area contributed by atoms with Gasteiger partial charge in [0.05, 0.1) is 16.6 Å². The number of halogens is 1. The minimum Gasteiger partial charge on any atom is -0.268 e. The van der Waals surface area contributed by atoms with E-state index in [9.17, 15) is 9.18 Å². The smallest absolute Gasteiger partial charge is 0.266 e. The van der Waals surface area contributed by atoms with Crippen LogP contribution in [0.2, 0.25) is 0 Å². The molecule has 1 aromatic heterocycles. The summed E-state index contributed by atoms with van der Waals surface area (Å²) in [5.74, 6) is 0.149. The van der Waals surface area contributed by atoms with E-state index in [-0.39, 0.29) is 10.9 Å². The summed E-state index contributed by atoms with van der Waals surface area (Å²) in [5.41, 5.74) is 2.05. The number of fused-ring (bicyclic) bond motifs is 1. The van der Waals surface area contributed by atoms with E-state index >= 15 is 0 Å². The van der Waals surface area contributed by atoms with Gasteiger partial charge in [-0.2, -0.15) is 0 Å². The molecule has 0 aliphatic rings. The largest absolute Gasteiger partial charge is 0.268 e. The van der Waals surface area contributed by atoms with Crippen molar-refractivity contribution in [1.82, 2.24) is 9.55 Å². The zero-order valence-electron chi connectivity index (χ0n) is 11.2. The molecule has 0 saturated heterocycles. The van der Waals surface area contributed by atoms with E-state index in [1.54, 1.807) is 6.92 Å². The molecule has 4 heteroatoms. The van der Waals surface area contributed by atoms with Crippen molar-refractivity contribution in [3.63, 3.8) is 0 Å². The number of hydrogen-bond acceptors (Lipinski definition) is 2. The number of rotatable bonds is 1. The summed E-state index contributed by atoms with van der Waals surface area (Å²) in [5, 5.41) is 0.289. The van der Waals surface area contributed by atoms with E-state index < -0.39 is 5.82 Å². The molecule has 20 heavy (non-hydrogen) atoms. The minimum atomic E-state index is -0.434. The first-order valence-electron chi connectivity index (χ1n) is 6.32. The molecule has 0 fully saturated rings. The van der Waals surface area contributed by atoms with E-state index in [1.165, 1.54) is 22.8 Å². The second kappa shape index (κ2) is 4.56. The molecule has 0 atom stereocenters. The second-order valence-electron chi connectivity index (χ2n) is 4.80. The minimum absolute atomic E-state index is 0.252. The molecule has 2 aromatic carbocycles. The van der Waals surface area contributed by atoms with Gasteiger partial charge in [-0.05, 0) is 49.7 Å². The van der Waals surface area contributed by atoms with Crippen molar-refractivity contribution in [3.8, 4) is 5.69 Å². The van der Waals surface area contributed by atoms with Crippen LogP contribution in [0, 0.1) is 19.7 Å². The van der Waals surface area contributed by atoms with Crippen LogP contribution in [0.1, 0.15) is 11.4 Å². The first-order valence-corrected chi connectivity index (χ1v) is 6.32. The maximum atomic E-state index is 13.3. The summed E-state index contributed by atoms with van der Waals surface area (Å²) in [7, 11) is 0. The average Bonchev–Trinajstić information content (AvgIpc) is 2.40. The second-order valence-corrected chi connectivity index (χ2v) is 4.80. The van der Waals surface area contributed by atoms with Gasteiger partial charge in [0.25, 0.3) is 5.56 Å². The Morgan fingerprint density at radius 3 is 2.65 bits per heavy atom. The van der Waals surface area contributed by atoms with Crippen LogP contribution in [0.5, 0.6) is 0 Å². The van der Waals surface area contributed by atoms with Gasteiger partial charge in [-0.1, -0.05) is 12.1 Å². The van der Waals surface area contributed by atoms with E-state index in [0.717, 1.165) is 11.3 Å². The van der Waals surface area contributed by atoms with Gasteiger partial charge in [0.1, 0.15) is 11.6 Å². The number of benzene rings is 2. The van der Waals surface area contributed by atoms with Crippen molar-refractivity contribution in [1.29, 1.82) is 0 Å². The molecule has 3 rings (SSSR count). The predicted molar refractivity (Wildman–Crippen MR) is 76.8 cm³/mol. The van der Waals surface area contributed by atoms with Crippen molar-refractivity contribution in [2.24, 2.45) is 0 Å². The number of hydrogen-bond donors (Lipinski definition) is 0. The molecule has 0 bridgehead atoms. The zero-order chi connectivity index (χ0) is 14.3. The van der Waals surface area contributed by atoms with Crippen LogP contribution < -0.4 is 5.56 Å². The monoisotopic (exact) mass is 268 g/mol. The quantitative estimate of drug-likeness (QED) is 0.679. The summed E-state index contributed by atoms with van der Waals surface area (Å²) >= 11 is 0. The van der Waals surface area contributed by atoms with Crippen LogP contribution in [0.15, 0.2) is 47.3 Å². The predicted octanol–water partition coefficient (Wildman–Crippen LogP) is 3.14. The lowest BCUT2D eigenvalue weighted by molar-refractivity contribution is 0.629. The lowest BCUT2D eigenvalue weighted by Crippen LogP contribution is -2.22. The summed E-state index contributed by atoms with van der Waals surface area (Å²) in [4.78, 5) is 16.9. The third-order valence-corrected chi connectivity index (χ3v) is 3.26. The molecule has 0 spiro atoms. The molecule has 0 aliphatic carbocycles. The molecule has 100 valence electrons. The summed E-state index contributed by atoms with van der Waals surface area (Å²) in [6.07, 6.45) is 0. The van der Waals surface area contributed by atoms with E-state index in [4.69, 9.17) is 0 Å². The topological polar surface area (TPSA) is 34.9 Å². The molecular formula is C16H13FN2O. The molecule has 3 aromatic rings. The van der Waals surface area contributed by atoms with Gasteiger partial charge in [0.15, 0.2) is 0 Å². The van der Waals surface area contributed by atoms with Crippen molar-refractivity contribution in [3.05, 3.63) is 70.0 Å². The van der Waals surface area contributed by atoms with Gasteiger partial charge in [-0.25, -0.2) is 9.37 Å². The molecule has 0 N–H and O–H groups in total. The highest BCUT2D eigenvalue weighted by molar-refractivity contribution is 5.78. The van der Waals surface area contributed by atoms with Crippen LogP contribution in [-0.4, -0.2) is 9.55 Å². The fourth-order valence-corrected chi connectivity index (χ4v) is 2.34. The van der Waals surface area contributed by atoms with Crippen molar-refractivity contribution in [2.45, 2.75) is 13.8 Å². The first-order chi connectivity index (χ1) is 9.56. The molecule has 0 saturated carbocycles. The van der Waals surface area contributed by atoms with Crippen LogP contribution in [-0.2, 0) is 0 Å². The summed E-state index contributed by atoms with van der Waals surface area (Å²) in [6, 6.07) is 11.7. The van der Waals surface area contributed by atoms with E-state index in [2.05, 4.69) is 4.98 Å². The number of aryl methyl sites for hydroxylation is 2. The highest BCUT2D eigenvalue weighted by Gasteiger charge is 2.10. The van der Waals surface area contributed by atoms with Gasteiger partial charge >= 0.3 is 0 Å². The Labute approximate surface area is 115 Å². The van der Waals surface area contributed by atoms with Crippen molar-refractivity contribution < 1.29 is 4.39 Å². The van der Waals surface area contributed by atoms with E-state index in [0.29, 0.717) is 11.3 Å². The lowest BCUT2D eigenvalue weighted by Gasteiger charge is -2.11. The Balaban J connectivity index is 2.39. The van der Waals surface area contributed by atoms with Crippen LogP contribution in [0.3, 0.4) is 0 Å². The van der Waals surface area contributed by atoms with Crippen LogP contribution in [0.25, 0.3) is 16.6 Å². The Hall–Kier alpha value is -2.49. The average molecular weight is 268 g/mol. The van der Waals surface area contributed by atoms with E-state index in [1.807, 2.05) is 31.2 Å². The normalized spacial score (nSPS) is 10.9. The molecule has 0 aliphatic heterocycles. The third kappa shape index (κ3) is 1.99. The van der Waals surface area contributed by atoms with Gasteiger partial charge < -0.3 is 0 Å². The van der Waals surface area contributed by atoms with Crippen LogP contribution in [0.4, 0.5) is 4.39 Å². The fraction of sp³-hybridized carbons (Fsp3) is 0.125. The number of nitrogens with zero attached hydrogens (tertiary/aromatic N) is 2. The standard InChI is InChI=1S/C16H13FN2O/c1-10-4-3-5-13(8-10)19-11(2)18-15-7-6-12(17)9-14(15)16(19)20/h3-9H,1-2H3. The summed E-state index contributed by atoms with van der Waals surface area (Å²) in [6.45, 7) is 3.73. The first kappa shape index (κ1) is 12.5. The maximum Gasteiger partial charge on any atom is 0.266 e. The van der Waals surface area contributed by atoms with Gasteiger partial charge in [0.2, 0.25) is 0 Å². The Morgan fingerprint density at radius 1 is 1.10 bits per heavy atom. The highest BCUT2D eigenvalue weighted by atomic mass is 19.1. The summed E-state index contributed by atoms with van der Waals surface area (Å²) < 4.78 is 14.8. The molecule has 1 heterocycles. The van der Waals surface area contributed by atoms with Crippen molar-refractivity contribution in [2.75, 3.05) is 0 Å². The fourth-order valence-electron chi connectivity index (χ4n) is 2.34.